The first-order valence-corrected chi connectivity index (χ1v) is 5.49. The standard InChI is InChI=1S/C10H10Br2O/c1-10(2,12)9(13)7-4-3-5-8(11)6-7/h3-6H,1-2H3. The summed E-state index contributed by atoms with van der Waals surface area (Å²) in [5.74, 6) is 0.0915. The Morgan fingerprint density at radius 3 is 2.46 bits per heavy atom. The molecule has 0 atom stereocenters. The molecule has 0 amide bonds. The molecule has 0 aromatic heterocycles. The molecule has 1 rings (SSSR count). The molecule has 0 aliphatic rings. The Balaban J connectivity index is 3.03. The largest absolute Gasteiger partial charge is 0.293 e. The van der Waals surface area contributed by atoms with Crippen molar-refractivity contribution in [3.8, 4) is 0 Å². The van der Waals surface area contributed by atoms with Crippen molar-refractivity contribution in [2.24, 2.45) is 0 Å². The summed E-state index contributed by atoms with van der Waals surface area (Å²) in [5.41, 5.74) is 0.719. The van der Waals surface area contributed by atoms with E-state index in [9.17, 15) is 4.79 Å². The van der Waals surface area contributed by atoms with Gasteiger partial charge in [-0.3, -0.25) is 4.79 Å². The zero-order valence-electron chi connectivity index (χ0n) is 7.47. The van der Waals surface area contributed by atoms with Crippen molar-refractivity contribution in [3.63, 3.8) is 0 Å². The lowest BCUT2D eigenvalue weighted by molar-refractivity contribution is 0.0961. The summed E-state index contributed by atoms with van der Waals surface area (Å²) in [5, 5.41) is 0. The predicted octanol–water partition coefficient (Wildman–Crippen LogP) is 3.81. The van der Waals surface area contributed by atoms with Gasteiger partial charge in [0.05, 0.1) is 4.32 Å². The Morgan fingerprint density at radius 1 is 1.38 bits per heavy atom. The molecule has 0 bridgehead atoms. The van der Waals surface area contributed by atoms with E-state index in [1.807, 2.05) is 38.1 Å². The molecule has 0 aliphatic carbocycles. The predicted molar refractivity (Wildman–Crippen MR) is 61.5 cm³/mol. The van der Waals surface area contributed by atoms with E-state index in [1.54, 1.807) is 0 Å². The summed E-state index contributed by atoms with van der Waals surface area (Å²) in [6.07, 6.45) is 0. The number of carbonyl (C=O) groups excluding carboxylic acids is 1. The van der Waals surface area contributed by atoms with Crippen LogP contribution in [0, 0.1) is 0 Å². The fraction of sp³-hybridized carbons (Fsp3) is 0.300. The number of ketones is 1. The van der Waals surface area contributed by atoms with Crippen molar-refractivity contribution in [3.05, 3.63) is 34.3 Å². The van der Waals surface area contributed by atoms with E-state index in [0.717, 1.165) is 10.0 Å². The van der Waals surface area contributed by atoms with E-state index in [2.05, 4.69) is 31.9 Å². The van der Waals surface area contributed by atoms with E-state index in [1.165, 1.54) is 0 Å². The van der Waals surface area contributed by atoms with Crippen LogP contribution in [0.1, 0.15) is 24.2 Å². The van der Waals surface area contributed by atoms with Gasteiger partial charge in [-0.2, -0.15) is 0 Å². The smallest absolute Gasteiger partial charge is 0.178 e. The molecule has 70 valence electrons. The van der Waals surface area contributed by atoms with Crippen molar-refractivity contribution in [1.29, 1.82) is 0 Å². The minimum absolute atomic E-state index is 0.0915. The fourth-order valence-electron chi connectivity index (χ4n) is 0.973. The van der Waals surface area contributed by atoms with Crippen molar-refractivity contribution < 1.29 is 4.79 Å². The maximum absolute atomic E-state index is 11.8. The molecule has 3 heteroatoms. The summed E-state index contributed by atoms with van der Waals surface area (Å²) in [7, 11) is 0. The lowest BCUT2D eigenvalue weighted by Crippen LogP contribution is -2.23. The van der Waals surface area contributed by atoms with Crippen LogP contribution in [0.2, 0.25) is 0 Å². The number of benzene rings is 1. The van der Waals surface area contributed by atoms with Crippen LogP contribution in [0.5, 0.6) is 0 Å². The molecular weight excluding hydrogens is 296 g/mol. The summed E-state index contributed by atoms with van der Waals surface area (Å²) in [6.45, 7) is 3.69. The maximum Gasteiger partial charge on any atom is 0.178 e. The van der Waals surface area contributed by atoms with Crippen LogP contribution in [0.3, 0.4) is 0 Å². The van der Waals surface area contributed by atoms with E-state index >= 15 is 0 Å². The zero-order chi connectivity index (χ0) is 10.1. The van der Waals surface area contributed by atoms with Gasteiger partial charge in [-0.1, -0.05) is 44.0 Å². The monoisotopic (exact) mass is 304 g/mol. The molecule has 1 aromatic rings. The Bertz CT molecular complexity index is 326. The average Bonchev–Trinajstić information content (AvgIpc) is 2.01. The van der Waals surface area contributed by atoms with Crippen LogP contribution < -0.4 is 0 Å². The first kappa shape index (κ1) is 10.9. The molecule has 1 aromatic carbocycles. The normalized spacial score (nSPS) is 11.4. The first-order valence-electron chi connectivity index (χ1n) is 3.90. The molecule has 0 spiro atoms. The highest BCUT2D eigenvalue weighted by Crippen LogP contribution is 2.23. The zero-order valence-corrected chi connectivity index (χ0v) is 10.6. The third-order valence-electron chi connectivity index (χ3n) is 1.63. The number of hydrogen-bond acceptors (Lipinski definition) is 1. The van der Waals surface area contributed by atoms with Gasteiger partial charge in [0, 0.05) is 10.0 Å². The molecule has 0 aliphatic heterocycles. The highest BCUT2D eigenvalue weighted by Gasteiger charge is 2.24. The van der Waals surface area contributed by atoms with Crippen molar-refractivity contribution in [2.75, 3.05) is 0 Å². The van der Waals surface area contributed by atoms with Crippen LogP contribution in [-0.4, -0.2) is 10.1 Å². The Labute approximate surface area is 94.8 Å². The van der Waals surface area contributed by atoms with Crippen molar-refractivity contribution >= 4 is 37.6 Å². The summed E-state index contributed by atoms with van der Waals surface area (Å²) < 4.78 is 0.434. The minimum Gasteiger partial charge on any atom is -0.293 e. The summed E-state index contributed by atoms with van der Waals surface area (Å²) in [4.78, 5) is 11.8. The topological polar surface area (TPSA) is 17.1 Å². The molecule has 13 heavy (non-hydrogen) atoms. The number of halogens is 2. The van der Waals surface area contributed by atoms with Gasteiger partial charge in [-0.05, 0) is 26.0 Å². The summed E-state index contributed by atoms with van der Waals surface area (Å²) in [6, 6.07) is 7.40. The van der Waals surface area contributed by atoms with Crippen LogP contribution in [0.25, 0.3) is 0 Å². The summed E-state index contributed by atoms with van der Waals surface area (Å²) >= 11 is 6.67. The molecule has 0 fully saturated rings. The molecule has 0 heterocycles. The third-order valence-corrected chi connectivity index (χ3v) is 2.48. The van der Waals surface area contributed by atoms with E-state index in [0.29, 0.717) is 0 Å². The lowest BCUT2D eigenvalue weighted by Gasteiger charge is -2.14. The highest BCUT2D eigenvalue weighted by molar-refractivity contribution is 9.10. The van der Waals surface area contributed by atoms with Gasteiger partial charge < -0.3 is 0 Å². The second-order valence-corrected chi connectivity index (χ2v) is 6.21. The first-order chi connectivity index (χ1) is 5.91. The number of rotatable bonds is 2. The molecule has 0 radical (unpaired) electrons. The molecule has 0 unspecified atom stereocenters. The SMILES string of the molecule is CC(C)(Br)C(=O)c1cccc(Br)c1. The molecule has 0 saturated carbocycles. The fourth-order valence-corrected chi connectivity index (χ4v) is 1.60. The van der Waals surface area contributed by atoms with Gasteiger partial charge in [-0.15, -0.1) is 0 Å². The van der Waals surface area contributed by atoms with Crippen LogP contribution in [0.15, 0.2) is 28.7 Å². The lowest BCUT2D eigenvalue weighted by atomic mass is 10.0. The Hall–Kier alpha value is -0.150. The third kappa shape index (κ3) is 2.92. The number of carbonyl (C=O) groups is 1. The van der Waals surface area contributed by atoms with Crippen LogP contribution >= 0.6 is 31.9 Å². The van der Waals surface area contributed by atoms with E-state index in [-0.39, 0.29) is 5.78 Å². The number of Topliss-reactive ketones (excluding diaryl/α,β-unsaturated/α-hetero) is 1. The van der Waals surface area contributed by atoms with Gasteiger partial charge >= 0.3 is 0 Å². The molecular formula is C10H10Br2O. The minimum atomic E-state index is -0.492. The average molecular weight is 306 g/mol. The molecule has 0 saturated heterocycles. The number of hydrogen-bond donors (Lipinski definition) is 0. The van der Waals surface area contributed by atoms with Crippen molar-refractivity contribution in [1.82, 2.24) is 0 Å². The van der Waals surface area contributed by atoms with Gasteiger partial charge in [0.25, 0.3) is 0 Å². The molecule has 0 N–H and O–H groups in total. The quantitative estimate of drug-likeness (QED) is 0.600. The second kappa shape index (κ2) is 3.93. The Kier molecular flexibility index (Phi) is 3.30. The maximum atomic E-state index is 11.8. The van der Waals surface area contributed by atoms with Gasteiger partial charge in [0.15, 0.2) is 5.78 Å². The van der Waals surface area contributed by atoms with Crippen LogP contribution in [0.4, 0.5) is 0 Å². The van der Waals surface area contributed by atoms with Gasteiger partial charge in [-0.25, -0.2) is 0 Å². The molecule has 1 nitrogen and oxygen atoms in total. The van der Waals surface area contributed by atoms with Crippen LogP contribution in [-0.2, 0) is 0 Å². The van der Waals surface area contributed by atoms with E-state index < -0.39 is 4.32 Å². The van der Waals surface area contributed by atoms with Gasteiger partial charge in [0.1, 0.15) is 0 Å². The van der Waals surface area contributed by atoms with Crippen molar-refractivity contribution in [2.45, 2.75) is 18.2 Å². The number of alkyl halides is 1. The van der Waals surface area contributed by atoms with Gasteiger partial charge in [0.2, 0.25) is 0 Å². The van der Waals surface area contributed by atoms with E-state index in [4.69, 9.17) is 0 Å². The second-order valence-electron chi connectivity index (χ2n) is 3.31. The Morgan fingerprint density at radius 2 is 2.00 bits per heavy atom. The highest BCUT2D eigenvalue weighted by atomic mass is 79.9.